The fourth-order valence-electron chi connectivity index (χ4n) is 2.07. The lowest BCUT2D eigenvalue weighted by Crippen LogP contribution is -2.08. The number of benzene rings is 1. The highest BCUT2D eigenvalue weighted by Crippen LogP contribution is 2.28. The molecule has 1 aromatic carbocycles. The maximum atomic E-state index is 9.58. The average molecular weight is 218 g/mol. The van der Waals surface area contributed by atoms with E-state index >= 15 is 0 Å². The summed E-state index contributed by atoms with van der Waals surface area (Å²) in [4.78, 5) is 0. The highest BCUT2D eigenvalue weighted by Gasteiger charge is 2.11. The zero-order valence-corrected chi connectivity index (χ0v) is 9.65. The first kappa shape index (κ1) is 11.2. The van der Waals surface area contributed by atoms with Gasteiger partial charge in [-0.3, -0.25) is 0 Å². The van der Waals surface area contributed by atoms with Crippen LogP contribution in [-0.4, -0.2) is 17.8 Å². The van der Waals surface area contributed by atoms with E-state index < -0.39 is 0 Å². The quantitative estimate of drug-likeness (QED) is 0.845. The molecule has 1 aliphatic carbocycles. The number of hydrogen-bond acceptors (Lipinski definition) is 2. The molecular formula is C14H18O2. The van der Waals surface area contributed by atoms with Crippen LogP contribution in [0.5, 0.6) is 5.75 Å². The summed E-state index contributed by atoms with van der Waals surface area (Å²) in [5, 5.41) is 9.58. The Bertz CT molecular complexity index is 365. The molecule has 2 rings (SSSR count). The van der Waals surface area contributed by atoms with Crippen LogP contribution < -0.4 is 4.74 Å². The van der Waals surface area contributed by atoms with Gasteiger partial charge in [0.15, 0.2) is 0 Å². The molecule has 0 aliphatic heterocycles. The van der Waals surface area contributed by atoms with Gasteiger partial charge in [-0.05, 0) is 49.5 Å². The third kappa shape index (κ3) is 2.64. The fraction of sp³-hybridized carbons (Fsp3) is 0.429. The van der Waals surface area contributed by atoms with Gasteiger partial charge in [0.2, 0.25) is 0 Å². The Morgan fingerprint density at radius 1 is 1.31 bits per heavy atom. The molecule has 0 aromatic heterocycles. The summed E-state index contributed by atoms with van der Waals surface area (Å²) in [6, 6.07) is 8.10. The number of aliphatic hydroxyl groups is 1. The van der Waals surface area contributed by atoms with Crippen molar-refractivity contribution in [1.82, 2.24) is 0 Å². The second kappa shape index (κ2) is 5.17. The Kier molecular flexibility index (Phi) is 3.62. The molecule has 0 bridgehead atoms. The van der Waals surface area contributed by atoms with Crippen molar-refractivity contribution in [3.05, 3.63) is 35.9 Å². The van der Waals surface area contributed by atoms with Crippen LogP contribution >= 0.6 is 0 Å². The molecular weight excluding hydrogens is 200 g/mol. The van der Waals surface area contributed by atoms with Crippen molar-refractivity contribution in [2.75, 3.05) is 6.61 Å². The number of rotatable bonds is 3. The second-order valence-electron chi connectivity index (χ2n) is 4.11. The molecule has 1 aliphatic rings. The van der Waals surface area contributed by atoms with E-state index in [-0.39, 0.29) is 6.10 Å². The Labute approximate surface area is 96.6 Å². The maximum absolute atomic E-state index is 9.58. The van der Waals surface area contributed by atoms with E-state index in [9.17, 15) is 5.11 Å². The summed E-state index contributed by atoms with van der Waals surface area (Å²) in [6.45, 7) is 2.68. The molecule has 0 radical (unpaired) electrons. The van der Waals surface area contributed by atoms with Crippen LogP contribution in [0.25, 0.3) is 5.57 Å². The smallest absolute Gasteiger partial charge is 0.119 e. The molecule has 1 aromatic rings. The van der Waals surface area contributed by atoms with Crippen LogP contribution in [0.15, 0.2) is 30.3 Å². The topological polar surface area (TPSA) is 29.5 Å². The van der Waals surface area contributed by atoms with Crippen LogP contribution in [0.3, 0.4) is 0 Å². The van der Waals surface area contributed by atoms with Gasteiger partial charge < -0.3 is 9.84 Å². The molecule has 16 heavy (non-hydrogen) atoms. The molecule has 0 amide bonds. The average Bonchev–Trinajstić information content (AvgIpc) is 2.30. The lowest BCUT2D eigenvalue weighted by atomic mass is 9.92. The van der Waals surface area contributed by atoms with Crippen molar-refractivity contribution in [2.45, 2.75) is 32.3 Å². The van der Waals surface area contributed by atoms with Gasteiger partial charge >= 0.3 is 0 Å². The summed E-state index contributed by atoms with van der Waals surface area (Å²) in [7, 11) is 0. The van der Waals surface area contributed by atoms with Crippen molar-refractivity contribution in [3.8, 4) is 5.75 Å². The van der Waals surface area contributed by atoms with Gasteiger partial charge in [0.05, 0.1) is 12.7 Å². The fourth-order valence-corrected chi connectivity index (χ4v) is 2.07. The van der Waals surface area contributed by atoms with Crippen LogP contribution in [0, 0.1) is 0 Å². The van der Waals surface area contributed by atoms with Crippen molar-refractivity contribution in [1.29, 1.82) is 0 Å². The summed E-state index contributed by atoms with van der Waals surface area (Å²) >= 11 is 0. The molecule has 1 N–H and O–H groups in total. The highest BCUT2D eigenvalue weighted by atomic mass is 16.5. The zero-order valence-electron chi connectivity index (χ0n) is 9.65. The Balaban J connectivity index is 2.15. The monoisotopic (exact) mass is 218 g/mol. The SMILES string of the molecule is CCOc1ccc(C2=CC(O)CCC2)cc1. The largest absolute Gasteiger partial charge is 0.494 e. The van der Waals surface area contributed by atoms with E-state index in [1.54, 1.807) is 0 Å². The van der Waals surface area contributed by atoms with E-state index in [1.807, 2.05) is 25.1 Å². The minimum Gasteiger partial charge on any atom is -0.494 e. The highest BCUT2D eigenvalue weighted by molar-refractivity contribution is 5.67. The van der Waals surface area contributed by atoms with Crippen LogP contribution in [0.1, 0.15) is 31.7 Å². The standard InChI is InChI=1S/C14H18O2/c1-2-16-14-8-6-11(7-9-14)12-4-3-5-13(15)10-12/h6-10,13,15H,2-5H2,1H3. The van der Waals surface area contributed by atoms with Gasteiger partial charge in [0, 0.05) is 0 Å². The molecule has 0 fully saturated rings. The third-order valence-corrected chi connectivity index (χ3v) is 2.88. The third-order valence-electron chi connectivity index (χ3n) is 2.88. The van der Waals surface area contributed by atoms with Crippen molar-refractivity contribution < 1.29 is 9.84 Å². The molecule has 0 saturated carbocycles. The van der Waals surface area contributed by atoms with E-state index in [1.165, 1.54) is 11.1 Å². The van der Waals surface area contributed by atoms with E-state index in [0.29, 0.717) is 6.61 Å². The molecule has 86 valence electrons. The first-order valence-electron chi connectivity index (χ1n) is 5.91. The van der Waals surface area contributed by atoms with Crippen LogP contribution in [-0.2, 0) is 0 Å². The molecule has 1 atom stereocenters. The Morgan fingerprint density at radius 2 is 2.06 bits per heavy atom. The first-order valence-corrected chi connectivity index (χ1v) is 5.91. The predicted molar refractivity (Wildman–Crippen MR) is 65.4 cm³/mol. The van der Waals surface area contributed by atoms with Crippen molar-refractivity contribution in [2.24, 2.45) is 0 Å². The first-order chi connectivity index (χ1) is 7.79. The zero-order chi connectivity index (χ0) is 11.4. The normalized spacial score (nSPS) is 20.4. The van der Waals surface area contributed by atoms with Gasteiger partial charge in [-0.2, -0.15) is 0 Å². The summed E-state index contributed by atoms with van der Waals surface area (Å²) < 4.78 is 5.40. The molecule has 2 heteroatoms. The molecule has 2 nitrogen and oxygen atoms in total. The van der Waals surface area contributed by atoms with Gasteiger partial charge in [0.1, 0.15) is 5.75 Å². The second-order valence-corrected chi connectivity index (χ2v) is 4.11. The molecule has 0 spiro atoms. The minimum atomic E-state index is -0.268. The van der Waals surface area contributed by atoms with Crippen molar-refractivity contribution >= 4 is 5.57 Å². The Hall–Kier alpha value is -1.28. The van der Waals surface area contributed by atoms with Gasteiger partial charge in [0.25, 0.3) is 0 Å². The van der Waals surface area contributed by atoms with E-state index in [4.69, 9.17) is 4.74 Å². The van der Waals surface area contributed by atoms with Crippen LogP contribution in [0.4, 0.5) is 0 Å². The summed E-state index contributed by atoms with van der Waals surface area (Å²) in [6.07, 6.45) is 4.72. The van der Waals surface area contributed by atoms with Crippen molar-refractivity contribution in [3.63, 3.8) is 0 Å². The number of hydrogen-bond donors (Lipinski definition) is 1. The molecule has 0 heterocycles. The van der Waals surface area contributed by atoms with Gasteiger partial charge in [-0.25, -0.2) is 0 Å². The van der Waals surface area contributed by atoms with E-state index in [0.717, 1.165) is 25.0 Å². The summed E-state index contributed by atoms with van der Waals surface area (Å²) in [5.74, 6) is 0.906. The van der Waals surface area contributed by atoms with Gasteiger partial charge in [-0.15, -0.1) is 0 Å². The summed E-state index contributed by atoms with van der Waals surface area (Å²) in [5.41, 5.74) is 2.45. The van der Waals surface area contributed by atoms with Gasteiger partial charge in [-0.1, -0.05) is 18.2 Å². The molecule has 0 saturated heterocycles. The molecule has 1 unspecified atom stereocenters. The number of allylic oxidation sites excluding steroid dienone is 1. The minimum absolute atomic E-state index is 0.268. The lowest BCUT2D eigenvalue weighted by Gasteiger charge is -2.17. The lowest BCUT2D eigenvalue weighted by molar-refractivity contribution is 0.206. The Morgan fingerprint density at radius 3 is 2.69 bits per heavy atom. The van der Waals surface area contributed by atoms with Crippen LogP contribution in [0.2, 0.25) is 0 Å². The number of ether oxygens (including phenoxy) is 1. The number of aliphatic hydroxyl groups excluding tert-OH is 1. The maximum Gasteiger partial charge on any atom is 0.119 e. The predicted octanol–water partition coefficient (Wildman–Crippen LogP) is 3.01. The van der Waals surface area contributed by atoms with E-state index in [2.05, 4.69) is 12.1 Å².